The van der Waals surface area contributed by atoms with Crippen LogP contribution in [0.4, 0.5) is 0 Å². The second-order valence-electron chi connectivity index (χ2n) is 4.18. The highest BCUT2D eigenvalue weighted by atomic mass is 32.2. The molecule has 1 amide bonds. The van der Waals surface area contributed by atoms with Crippen molar-refractivity contribution in [3.05, 3.63) is 0 Å². The van der Waals surface area contributed by atoms with Crippen molar-refractivity contribution in [2.45, 2.75) is 6.04 Å². The standard InChI is InChI=1S/C8H17N3O5S2/c1-17(13,14)4-5-18(15,16)11-3-2-10-6-7(11)8(9)12/h7,10H,2-6H2,1H3,(H2,9,12). The molecule has 1 heterocycles. The minimum Gasteiger partial charge on any atom is -0.368 e. The predicted molar refractivity (Wildman–Crippen MR) is 66.1 cm³/mol. The lowest BCUT2D eigenvalue weighted by molar-refractivity contribution is -0.122. The molecule has 18 heavy (non-hydrogen) atoms. The number of carbonyl (C=O) groups excluding carboxylic acids is 1. The highest BCUT2D eigenvalue weighted by molar-refractivity contribution is 7.93. The summed E-state index contributed by atoms with van der Waals surface area (Å²) in [6.07, 6.45) is 0.964. The molecule has 1 aliphatic rings. The van der Waals surface area contributed by atoms with Gasteiger partial charge in [-0.25, -0.2) is 16.8 Å². The highest BCUT2D eigenvalue weighted by Crippen LogP contribution is 2.10. The summed E-state index contributed by atoms with van der Waals surface area (Å²) in [5, 5.41) is 2.87. The molecule has 0 aromatic rings. The lowest BCUT2D eigenvalue weighted by atomic mass is 10.2. The van der Waals surface area contributed by atoms with Crippen molar-refractivity contribution >= 4 is 25.8 Å². The smallest absolute Gasteiger partial charge is 0.237 e. The molecule has 8 nitrogen and oxygen atoms in total. The van der Waals surface area contributed by atoms with Crippen LogP contribution in [0.3, 0.4) is 0 Å². The van der Waals surface area contributed by atoms with Gasteiger partial charge in [-0.2, -0.15) is 4.31 Å². The van der Waals surface area contributed by atoms with Crippen LogP contribution in [0.5, 0.6) is 0 Å². The number of carbonyl (C=O) groups is 1. The molecule has 1 fully saturated rings. The molecule has 1 aliphatic heterocycles. The summed E-state index contributed by atoms with van der Waals surface area (Å²) in [6.45, 7) is 0.662. The maximum Gasteiger partial charge on any atom is 0.237 e. The van der Waals surface area contributed by atoms with E-state index in [1.165, 1.54) is 0 Å². The van der Waals surface area contributed by atoms with Crippen LogP contribution in [0, 0.1) is 0 Å². The molecular weight excluding hydrogens is 282 g/mol. The van der Waals surface area contributed by atoms with Gasteiger partial charge in [0.05, 0.1) is 11.5 Å². The molecule has 1 atom stereocenters. The topological polar surface area (TPSA) is 127 Å². The van der Waals surface area contributed by atoms with Crippen molar-refractivity contribution < 1.29 is 21.6 Å². The second kappa shape index (κ2) is 5.51. The summed E-state index contributed by atoms with van der Waals surface area (Å²) in [4.78, 5) is 11.2. The van der Waals surface area contributed by atoms with Crippen LogP contribution in [0.1, 0.15) is 0 Å². The first-order valence-corrected chi connectivity index (χ1v) is 8.98. The Kier molecular flexibility index (Phi) is 4.70. The normalized spacial score (nSPS) is 22.8. The number of hydrogen-bond donors (Lipinski definition) is 2. The van der Waals surface area contributed by atoms with E-state index < -0.39 is 43.3 Å². The Morgan fingerprint density at radius 3 is 2.44 bits per heavy atom. The van der Waals surface area contributed by atoms with Gasteiger partial charge in [-0.05, 0) is 0 Å². The average Bonchev–Trinajstić information content (AvgIpc) is 2.26. The van der Waals surface area contributed by atoms with Gasteiger partial charge in [0, 0.05) is 25.9 Å². The number of primary amides is 1. The third kappa shape index (κ3) is 4.19. The van der Waals surface area contributed by atoms with Crippen LogP contribution in [-0.2, 0) is 24.7 Å². The first kappa shape index (κ1) is 15.3. The van der Waals surface area contributed by atoms with E-state index in [0.29, 0.717) is 6.54 Å². The molecule has 0 aliphatic carbocycles. The third-order valence-corrected chi connectivity index (χ3v) is 5.67. The van der Waals surface area contributed by atoms with E-state index in [1.54, 1.807) is 0 Å². The molecule has 1 rings (SSSR count). The first-order chi connectivity index (χ1) is 8.13. The summed E-state index contributed by atoms with van der Waals surface area (Å²) < 4.78 is 46.9. The molecule has 0 bridgehead atoms. The number of hydrogen-bond acceptors (Lipinski definition) is 6. The number of sulfone groups is 1. The number of piperazine rings is 1. The van der Waals surface area contributed by atoms with Crippen molar-refractivity contribution in [1.29, 1.82) is 0 Å². The zero-order valence-electron chi connectivity index (χ0n) is 10.00. The SMILES string of the molecule is CS(=O)(=O)CCS(=O)(=O)N1CCNCC1C(N)=O. The van der Waals surface area contributed by atoms with Crippen LogP contribution in [0.15, 0.2) is 0 Å². The Hall–Kier alpha value is -0.710. The fraction of sp³-hybridized carbons (Fsp3) is 0.875. The molecule has 106 valence electrons. The van der Waals surface area contributed by atoms with E-state index in [0.717, 1.165) is 10.6 Å². The largest absolute Gasteiger partial charge is 0.368 e. The maximum atomic E-state index is 12.0. The molecule has 0 spiro atoms. The fourth-order valence-corrected chi connectivity index (χ4v) is 4.86. The van der Waals surface area contributed by atoms with Gasteiger partial charge in [0.1, 0.15) is 15.9 Å². The molecule has 0 saturated carbocycles. The van der Waals surface area contributed by atoms with Gasteiger partial charge in [-0.15, -0.1) is 0 Å². The van der Waals surface area contributed by atoms with Gasteiger partial charge < -0.3 is 11.1 Å². The Morgan fingerprint density at radius 2 is 1.94 bits per heavy atom. The molecule has 1 saturated heterocycles. The highest BCUT2D eigenvalue weighted by Gasteiger charge is 2.35. The van der Waals surface area contributed by atoms with Crippen LogP contribution in [0.2, 0.25) is 0 Å². The Balaban J connectivity index is 2.85. The minimum absolute atomic E-state index is 0.111. The zero-order valence-corrected chi connectivity index (χ0v) is 11.6. The van der Waals surface area contributed by atoms with Crippen LogP contribution < -0.4 is 11.1 Å². The van der Waals surface area contributed by atoms with Crippen molar-refractivity contribution in [3.63, 3.8) is 0 Å². The van der Waals surface area contributed by atoms with Gasteiger partial charge in [0.15, 0.2) is 0 Å². The van der Waals surface area contributed by atoms with Crippen molar-refractivity contribution in [1.82, 2.24) is 9.62 Å². The lowest BCUT2D eigenvalue weighted by Crippen LogP contribution is -2.59. The Bertz CT molecular complexity index is 513. The molecule has 0 radical (unpaired) electrons. The summed E-state index contributed by atoms with van der Waals surface area (Å²) in [5.41, 5.74) is 5.13. The number of sulfonamides is 1. The molecular formula is C8H17N3O5S2. The van der Waals surface area contributed by atoms with Gasteiger partial charge in [0.25, 0.3) is 0 Å². The monoisotopic (exact) mass is 299 g/mol. The molecule has 1 unspecified atom stereocenters. The van der Waals surface area contributed by atoms with Crippen molar-refractivity contribution in [2.24, 2.45) is 5.73 Å². The lowest BCUT2D eigenvalue weighted by Gasteiger charge is -2.33. The van der Waals surface area contributed by atoms with E-state index >= 15 is 0 Å². The summed E-state index contributed by atoms with van der Waals surface area (Å²) in [5.74, 6) is -1.74. The van der Waals surface area contributed by atoms with Gasteiger partial charge in [0.2, 0.25) is 15.9 Å². The van der Waals surface area contributed by atoms with Crippen LogP contribution in [-0.4, -0.2) is 70.5 Å². The number of rotatable bonds is 5. The minimum atomic E-state index is -3.80. The van der Waals surface area contributed by atoms with E-state index in [-0.39, 0.29) is 13.1 Å². The molecule has 0 aromatic carbocycles. The molecule has 0 aromatic heterocycles. The summed E-state index contributed by atoms with van der Waals surface area (Å²) in [6, 6.07) is -0.955. The quantitative estimate of drug-likeness (QED) is 0.561. The summed E-state index contributed by atoms with van der Waals surface area (Å²) >= 11 is 0. The molecule has 10 heteroatoms. The van der Waals surface area contributed by atoms with E-state index in [2.05, 4.69) is 5.32 Å². The molecule has 3 N–H and O–H groups in total. The second-order valence-corrected chi connectivity index (χ2v) is 8.48. The Morgan fingerprint density at radius 1 is 1.33 bits per heavy atom. The average molecular weight is 299 g/mol. The maximum absolute atomic E-state index is 12.0. The summed E-state index contributed by atoms with van der Waals surface area (Å²) in [7, 11) is -7.17. The van der Waals surface area contributed by atoms with Gasteiger partial charge in [-0.1, -0.05) is 0 Å². The number of amides is 1. The number of nitrogens with two attached hydrogens (primary N) is 1. The van der Waals surface area contributed by atoms with Crippen molar-refractivity contribution in [2.75, 3.05) is 37.4 Å². The van der Waals surface area contributed by atoms with Crippen molar-refractivity contribution in [3.8, 4) is 0 Å². The van der Waals surface area contributed by atoms with Crippen LogP contribution in [0.25, 0.3) is 0 Å². The zero-order chi connectivity index (χ0) is 14.0. The first-order valence-electron chi connectivity index (χ1n) is 5.31. The third-order valence-electron chi connectivity index (χ3n) is 2.59. The van der Waals surface area contributed by atoms with E-state index in [1.807, 2.05) is 0 Å². The predicted octanol–water partition coefficient (Wildman–Crippen LogP) is -2.88. The van der Waals surface area contributed by atoms with Crippen LogP contribution >= 0.6 is 0 Å². The fourth-order valence-electron chi connectivity index (χ4n) is 1.64. The Labute approximate surface area is 106 Å². The number of nitrogens with zero attached hydrogens (tertiary/aromatic N) is 1. The van der Waals surface area contributed by atoms with Gasteiger partial charge >= 0.3 is 0 Å². The van der Waals surface area contributed by atoms with Gasteiger partial charge in [-0.3, -0.25) is 4.79 Å². The van der Waals surface area contributed by atoms with E-state index in [9.17, 15) is 21.6 Å². The van der Waals surface area contributed by atoms with E-state index in [4.69, 9.17) is 5.73 Å². The number of nitrogens with one attached hydrogen (secondary N) is 1.